The molecular formula is C27H16BrCl2N3O4. The standard InChI is InChI=1S/C27H16BrCl2N3O4/c28-16-12-18-23(17-7-2-3-8-19(17)29)25(32-24(18)20(30)13-16)26(34)33-31-14-15-6-1-4-9-21(15)37-27(35)22-10-5-11-36-22/h1-14,32H,(H,33,34). The van der Waals surface area contributed by atoms with E-state index in [0.29, 0.717) is 32.3 Å². The lowest BCUT2D eigenvalue weighted by Gasteiger charge is -2.07. The molecule has 2 heterocycles. The maximum absolute atomic E-state index is 13.3. The Kier molecular flexibility index (Phi) is 7.14. The smallest absolute Gasteiger partial charge is 0.379 e. The number of hydrazone groups is 1. The van der Waals surface area contributed by atoms with Crippen LogP contribution in [0.1, 0.15) is 26.6 Å². The van der Waals surface area contributed by atoms with Gasteiger partial charge in [-0.15, -0.1) is 0 Å². The molecule has 0 unspecified atom stereocenters. The molecule has 0 saturated heterocycles. The minimum Gasteiger partial charge on any atom is -0.457 e. The second-order valence-electron chi connectivity index (χ2n) is 7.77. The molecule has 0 spiro atoms. The van der Waals surface area contributed by atoms with Gasteiger partial charge >= 0.3 is 5.97 Å². The maximum atomic E-state index is 13.3. The van der Waals surface area contributed by atoms with E-state index in [0.717, 1.165) is 9.86 Å². The van der Waals surface area contributed by atoms with E-state index >= 15 is 0 Å². The lowest BCUT2D eigenvalue weighted by molar-refractivity contribution is 0.0701. The van der Waals surface area contributed by atoms with Gasteiger partial charge in [0.05, 0.1) is 23.0 Å². The van der Waals surface area contributed by atoms with Crippen molar-refractivity contribution in [1.29, 1.82) is 0 Å². The summed E-state index contributed by atoms with van der Waals surface area (Å²) in [7, 11) is 0. The third kappa shape index (κ3) is 5.17. The maximum Gasteiger partial charge on any atom is 0.379 e. The molecule has 2 aromatic heterocycles. The number of halogens is 3. The number of benzene rings is 3. The highest BCUT2D eigenvalue weighted by molar-refractivity contribution is 9.10. The van der Waals surface area contributed by atoms with Crippen LogP contribution < -0.4 is 10.2 Å². The van der Waals surface area contributed by atoms with Gasteiger partial charge in [0.1, 0.15) is 11.4 Å². The van der Waals surface area contributed by atoms with Gasteiger partial charge in [-0.1, -0.05) is 69.5 Å². The number of amides is 1. The zero-order valence-electron chi connectivity index (χ0n) is 18.8. The SMILES string of the molecule is O=C(Oc1ccccc1C=NNC(=O)c1[nH]c2c(Cl)cc(Br)cc2c1-c1ccccc1Cl)c1ccco1. The third-order valence-corrected chi connectivity index (χ3v) is 6.49. The fourth-order valence-electron chi connectivity index (χ4n) is 3.78. The molecule has 0 saturated carbocycles. The van der Waals surface area contributed by atoms with Crippen molar-refractivity contribution in [3.63, 3.8) is 0 Å². The summed E-state index contributed by atoms with van der Waals surface area (Å²) in [5.41, 5.74) is 5.06. The van der Waals surface area contributed by atoms with E-state index in [1.165, 1.54) is 18.5 Å². The Hall–Kier alpha value is -3.85. The molecule has 0 aliphatic heterocycles. The zero-order valence-corrected chi connectivity index (χ0v) is 21.9. The predicted molar refractivity (Wildman–Crippen MR) is 147 cm³/mol. The van der Waals surface area contributed by atoms with Gasteiger partial charge in [0.2, 0.25) is 5.76 Å². The second kappa shape index (κ2) is 10.6. The van der Waals surface area contributed by atoms with E-state index < -0.39 is 11.9 Å². The third-order valence-electron chi connectivity index (χ3n) is 5.41. The van der Waals surface area contributed by atoms with Gasteiger partial charge < -0.3 is 14.1 Å². The zero-order chi connectivity index (χ0) is 25.9. The Labute approximate surface area is 229 Å². The highest BCUT2D eigenvalue weighted by atomic mass is 79.9. The molecule has 7 nitrogen and oxygen atoms in total. The highest BCUT2D eigenvalue weighted by Gasteiger charge is 2.22. The van der Waals surface area contributed by atoms with Crippen molar-refractivity contribution in [1.82, 2.24) is 10.4 Å². The van der Waals surface area contributed by atoms with Crippen LogP contribution >= 0.6 is 39.1 Å². The van der Waals surface area contributed by atoms with Crippen LogP contribution in [0.4, 0.5) is 0 Å². The number of para-hydroxylation sites is 1. The van der Waals surface area contributed by atoms with Gasteiger partial charge in [-0.05, 0) is 42.5 Å². The lowest BCUT2D eigenvalue weighted by Crippen LogP contribution is -2.19. The number of hydrogen-bond donors (Lipinski definition) is 2. The van der Waals surface area contributed by atoms with Crippen LogP contribution in [0.5, 0.6) is 5.75 Å². The summed E-state index contributed by atoms with van der Waals surface area (Å²) in [6, 6.07) is 20.7. The molecule has 0 radical (unpaired) electrons. The normalized spacial score (nSPS) is 11.2. The number of nitrogens with one attached hydrogen (secondary N) is 2. The minimum absolute atomic E-state index is 0.0660. The monoisotopic (exact) mass is 595 g/mol. The topological polar surface area (TPSA) is 96.7 Å². The first-order chi connectivity index (χ1) is 17.9. The van der Waals surface area contributed by atoms with Gasteiger partial charge in [-0.25, -0.2) is 10.2 Å². The number of furan rings is 1. The van der Waals surface area contributed by atoms with Gasteiger partial charge in [-0.3, -0.25) is 4.79 Å². The van der Waals surface area contributed by atoms with Crippen LogP contribution in [0.15, 0.2) is 93.1 Å². The quantitative estimate of drug-likeness (QED) is 0.0919. The van der Waals surface area contributed by atoms with Gasteiger partial charge in [0.15, 0.2) is 0 Å². The van der Waals surface area contributed by atoms with Crippen LogP contribution in [0.3, 0.4) is 0 Å². The van der Waals surface area contributed by atoms with Gasteiger partial charge in [-0.2, -0.15) is 5.10 Å². The molecule has 2 N–H and O–H groups in total. The van der Waals surface area contributed by atoms with Gasteiger partial charge in [0.25, 0.3) is 5.91 Å². The highest BCUT2D eigenvalue weighted by Crippen LogP contribution is 2.40. The minimum atomic E-state index is -0.652. The predicted octanol–water partition coefficient (Wildman–Crippen LogP) is 7.48. The number of carbonyl (C=O) groups excluding carboxylic acids is 2. The van der Waals surface area contributed by atoms with Crippen molar-refractivity contribution < 1.29 is 18.7 Å². The van der Waals surface area contributed by atoms with Crippen LogP contribution in [-0.2, 0) is 0 Å². The molecule has 5 rings (SSSR count). The number of aromatic nitrogens is 1. The number of rotatable bonds is 6. The van der Waals surface area contributed by atoms with E-state index in [1.807, 2.05) is 24.3 Å². The van der Waals surface area contributed by atoms with Crippen molar-refractivity contribution in [2.75, 3.05) is 0 Å². The molecule has 10 heteroatoms. The van der Waals surface area contributed by atoms with Crippen molar-refractivity contribution in [2.45, 2.75) is 0 Å². The number of carbonyl (C=O) groups is 2. The molecule has 0 fully saturated rings. The molecule has 0 bridgehead atoms. The van der Waals surface area contributed by atoms with E-state index in [1.54, 1.807) is 42.5 Å². The fraction of sp³-hybridized carbons (Fsp3) is 0. The number of nitrogens with zero attached hydrogens (tertiary/aromatic N) is 1. The summed E-state index contributed by atoms with van der Waals surface area (Å²) >= 11 is 16.4. The van der Waals surface area contributed by atoms with Crippen molar-refractivity contribution in [3.8, 4) is 16.9 Å². The molecule has 37 heavy (non-hydrogen) atoms. The first kappa shape index (κ1) is 24.8. The van der Waals surface area contributed by atoms with E-state index in [9.17, 15) is 9.59 Å². The largest absolute Gasteiger partial charge is 0.457 e. The van der Waals surface area contributed by atoms with Crippen molar-refractivity contribution >= 4 is 68.1 Å². The van der Waals surface area contributed by atoms with E-state index in [4.69, 9.17) is 32.4 Å². The summed E-state index contributed by atoms with van der Waals surface area (Å²) in [5.74, 6) is -0.850. The van der Waals surface area contributed by atoms with Crippen LogP contribution in [0, 0.1) is 0 Å². The molecule has 0 aliphatic carbocycles. The number of esters is 1. The molecule has 1 amide bonds. The van der Waals surface area contributed by atoms with Crippen LogP contribution in [0.25, 0.3) is 22.0 Å². The summed E-state index contributed by atoms with van der Waals surface area (Å²) in [6.45, 7) is 0. The van der Waals surface area contributed by atoms with Crippen LogP contribution in [-0.4, -0.2) is 23.1 Å². The number of ether oxygens (including phenoxy) is 1. The molecule has 0 atom stereocenters. The Balaban J connectivity index is 1.45. The average molecular weight is 597 g/mol. The van der Waals surface area contributed by atoms with Crippen molar-refractivity contribution in [2.24, 2.45) is 5.10 Å². The molecular weight excluding hydrogens is 581 g/mol. The van der Waals surface area contributed by atoms with Gasteiger partial charge in [0, 0.05) is 31.6 Å². The molecule has 184 valence electrons. The van der Waals surface area contributed by atoms with E-state index in [-0.39, 0.29) is 17.2 Å². The first-order valence-corrected chi connectivity index (χ1v) is 12.4. The van der Waals surface area contributed by atoms with Crippen molar-refractivity contribution in [3.05, 3.63) is 111 Å². The van der Waals surface area contributed by atoms with E-state index in [2.05, 4.69) is 31.4 Å². The molecule has 5 aromatic rings. The molecule has 0 aliphatic rings. The van der Waals surface area contributed by atoms with Crippen LogP contribution in [0.2, 0.25) is 10.0 Å². The number of aromatic amines is 1. The summed E-state index contributed by atoms with van der Waals surface area (Å²) in [5, 5.41) is 5.71. The number of hydrogen-bond acceptors (Lipinski definition) is 5. The lowest BCUT2D eigenvalue weighted by atomic mass is 10.0. The number of H-pyrrole nitrogens is 1. The Morgan fingerprint density at radius 1 is 1.00 bits per heavy atom. The summed E-state index contributed by atoms with van der Waals surface area (Å²) < 4.78 is 11.2. The second-order valence-corrected chi connectivity index (χ2v) is 9.50. The Bertz CT molecular complexity index is 1660. The summed E-state index contributed by atoms with van der Waals surface area (Å²) in [6.07, 6.45) is 2.76. The average Bonchev–Trinajstić information content (AvgIpc) is 3.54. The fourth-order valence-corrected chi connectivity index (χ4v) is 4.86. The molecule has 3 aromatic carbocycles. The summed E-state index contributed by atoms with van der Waals surface area (Å²) in [4.78, 5) is 28.7. The Morgan fingerprint density at radius 3 is 2.57 bits per heavy atom. The number of fused-ring (bicyclic) bond motifs is 1. The Morgan fingerprint density at radius 2 is 1.78 bits per heavy atom. The first-order valence-electron chi connectivity index (χ1n) is 10.9.